The molecule has 0 N–H and O–H groups in total. The topological polar surface area (TPSA) is 3.24 Å². The van der Waals surface area contributed by atoms with Crippen molar-refractivity contribution in [3.05, 3.63) is 24.8 Å². The van der Waals surface area contributed by atoms with Gasteiger partial charge in [-0.3, -0.25) is 0 Å². The Labute approximate surface area is 95.9 Å². The minimum absolute atomic E-state index is 0.0141. The molecule has 0 heterocycles. The highest BCUT2D eigenvalue weighted by Crippen LogP contribution is 2.42. The van der Waals surface area contributed by atoms with Gasteiger partial charge in [0.2, 0.25) is 0 Å². The SMILES string of the molecule is C=CC(CC)(CC)C(=C)C(C)(C)N(C)C. The zero-order valence-electron chi connectivity index (χ0n) is 11.4. The summed E-state index contributed by atoms with van der Waals surface area (Å²) >= 11 is 0. The number of rotatable bonds is 6. The molecule has 0 saturated heterocycles. The summed E-state index contributed by atoms with van der Waals surface area (Å²) in [5, 5.41) is 0. The molecule has 88 valence electrons. The summed E-state index contributed by atoms with van der Waals surface area (Å²) in [5.41, 5.74) is 1.36. The van der Waals surface area contributed by atoms with E-state index in [0.29, 0.717) is 0 Å². The highest BCUT2D eigenvalue weighted by molar-refractivity contribution is 5.27. The fraction of sp³-hybridized carbons (Fsp3) is 0.714. The Bertz CT molecular complexity index is 232. The van der Waals surface area contributed by atoms with E-state index in [1.165, 1.54) is 5.57 Å². The fourth-order valence-corrected chi connectivity index (χ4v) is 1.97. The van der Waals surface area contributed by atoms with Crippen LogP contribution >= 0.6 is 0 Å². The lowest BCUT2D eigenvalue weighted by molar-refractivity contribution is 0.199. The van der Waals surface area contributed by atoms with Gasteiger partial charge in [-0.2, -0.15) is 0 Å². The van der Waals surface area contributed by atoms with Crippen molar-refractivity contribution in [3.63, 3.8) is 0 Å². The molecule has 0 rings (SSSR count). The van der Waals surface area contributed by atoms with Crippen LogP contribution in [0.2, 0.25) is 0 Å². The second kappa shape index (κ2) is 4.98. The van der Waals surface area contributed by atoms with Crippen molar-refractivity contribution >= 4 is 0 Å². The normalized spacial score (nSPS) is 13.0. The van der Waals surface area contributed by atoms with Gasteiger partial charge in [-0.25, -0.2) is 0 Å². The molecule has 1 heteroatoms. The van der Waals surface area contributed by atoms with Gasteiger partial charge in [-0.15, -0.1) is 6.58 Å². The van der Waals surface area contributed by atoms with E-state index in [4.69, 9.17) is 0 Å². The van der Waals surface area contributed by atoms with Crippen molar-refractivity contribution in [2.45, 2.75) is 46.1 Å². The van der Waals surface area contributed by atoms with Crippen LogP contribution in [0.1, 0.15) is 40.5 Å². The van der Waals surface area contributed by atoms with E-state index in [1.807, 2.05) is 0 Å². The molecule has 0 atom stereocenters. The third-order valence-corrected chi connectivity index (χ3v) is 4.11. The van der Waals surface area contributed by atoms with Crippen molar-refractivity contribution in [2.75, 3.05) is 14.1 Å². The molecule has 0 fully saturated rings. The van der Waals surface area contributed by atoms with Gasteiger partial charge < -0.3 is 4.90 Å². The first-order valence-electron chi connectivity index (χ1n) is 5.79. The van der Waals surface area contributed by atoms with Gasteiger partial charge in [-0.1, -0.05) is 26.5 Å². The molecular weight excluding hydrogens is 182 g/mol. The van der Waals surface area contributed by atoms with Crippen LogP contribution in [-0.2, 0) is 0 Å². The number of hydrogen-bond acceptors (Lipinski definition) is 1. The van der Waals surface area contributed by atoms with Crippen LogP contribution in [0.15, 0.2) is 24.8 Å². The molecule has 0 radical (unpaired) electrons. The van der Waals surface area contributed by atoms with Gasteiger partial charge in [-0.05, 0) is 46.4 Å². The fourth-order valence-electron chi connectivity index (χ4n) is 1.97. The lowest BCUT2D eigenvalue weighted by Gasteiger charge is -2.44. The van der Waals surface area contributed by atoms with Gasteiger partial charge in [0, 0.05) is 11.0 Å². The smallest absolute Gasteiger partial charge is 0.0363 e. The summed E-state index contributed by atoms with van der Waals surface area (Å²) in [6.45, 7) is 17.2. The van der Waals surface area contributed by atoms with E-state index < -0.39 is 0 Å². The molecule has 0 aliphatic rings. The van der Waals surface area contributed by atoms with Gasteiger partial charge >= 0.3 is 0 Å². The minimum atomic E-state index is 0.0141. The number of nitrogens with zero attached hydrogens (tertiary/aromatic N) is 1. The van der Waals surface area contributed by atoms with Crippen LogP contribution < -0.4 is 0 Å². The molecule has 0 aliphatic carbocycles. The molecule has 0 unspecified atom stereocenters. The molecule has 0 amide bonds. The Kier molecular flexibility index (Phi) is 4.79. The summed E-state index contributed by atoms with van der Waals surface area (Å²) in [6, 6.07) is 0. The quantitative estimate of drug-likeness (QED) is 0.600. The number of hydrogen-bond donors (Lipinski definition) is 0. The van der Waals surface area contributed by atoms with E-state index in [-0.39, 0.29) is 11.0 Å². The Morgan fingerprint density at radius 3 is 1.80 bits per heavy atom. The van der Waals surface area contributed by atoms with Crippen LogP contribution in [0.3, 0.4) is 0 Å². The van der Waals surface area contributed by atoms with Crippen LogP contribution in [-0.4, -0.2) is 24.5 Å². The van der Waals surface area contributed by atoms with E-state index in [0.717, 1.165) is 12.8 Å². The highest BCUT2D eigenvalue weighted by atomic mass is 15.1. The lowest BCUT2D eigenvalue weighted by Crippen LogP contribution is -2.44. The monoisotopic (exact) mass is 209 g/mol. The molecule has 0 aromatic rings. The van der Waals surface area contributed by atoms with Gasteiger partial charge in [0.05, 0.1) is 0 Å². The summed E-state index contributed by atoms with van der Waals surface area (Å²) < 4.78 is 0. The van der Waals surface area contributed by atoms with Crippen LogP contribution in [0, 0.1) is 5.41 Å². The molecule has 1 nitrogen and oxygen atoms in total. The summed E-state index contributed by atoms with van der Waals surface area (Å²) in [4.78, 5) is 2.22. The van der Waals surface area contributed by atoms with Crippen LogP contribution in [0.4, 0.5) is 0 Å². The number of likely N-dealkylation sites (N-methyl/N-ethyl adjacent to an activating group) is 1. The first kappa shape index (κ1) is 14.4. The Balaban J connectivity index is 5.20. The average molecular weight is 209 g/mol. The van der Waals surface area contributed by atoms with Crippen molar-refractivity contribution in [2.24, 2.45) is 5.41 Å². The number of allylic oxidation sites excluding steroid dienone is 1. The second-order valence-electron chi connectivity index (χ2n) is 5.00. The summed E-state index contributed by atoms with van der Waals surface area (Å²) in [7, 11) is 4.20. The maximum atomic E-state index is 4.32. The van der Waals surface area contributed by atoms with Gasteiger partial charge in [0.25, 0.3) is 0 Å². The van der Waals surface area contributed by atoms with E-state index in [1.54, 1.807) is 0 Å². The van der Waals surface area contributed by atoms with Crippen molar-refractivity contribution in [3.8, 4) is 0 Å². The van der Waals surface area contributed by atoms with E-state index >= 15 is 0 Å². The summed E-state index contributed by atoms with van der Waals surface area (Å²) in [5.74, 6) is 0. The van der Waals surface area contributed by atoms with E-state index in [2.05, 4.69) is 65.9 Å². The molecule has 0 aliphatic heterocycles. The van der Waals surface area contributed by atoms with Gasteiger partial charge in [0.1, 0.15) is 0 Å². The third kappa shape index (κ3) is 2.52. The van der Waals surface area contributed by atoms with Crippen LogP contribution in [0.25, 0.3) is 0 Å². The Morgan fingerprint density at radius 2 is 1.60 bits per heavy atom. The van der Waals surface area contributed by atoms with E-state index in [9.17, 15) is 0 Å². The largest absolute Gasteiger partial charge is 0.301 e. The standard InChI is InChI=1S/C14H27N/c1-9-14(10-2,11-3)12(4)13(5,6)15(7)8/h9H,1,4,10-11H2,2-3,5-8H3. The van der Waals surface area contributed by atoms with Gasteiger partial charge in [0.15, 0.2) is 0 Å². The first-order valence-corrected chi connectivity index (χ1v) is 5.79. The molecule has 0 aromatic heterocycles. The zero-order valence-corrected chi connectivity index (χ0v) is 11.4. The lowest BCUT2D eigenvalue weighted by atomic mass is 9.69. The first-order chi connectivity index (χ1) is 6.78. The Morgan fingerprint density at radius 1 is 1.20 bits per heavy atom. The molecule has 0 saturated carbocycles. The molecule has 15 heavy (non-hydrogen) atoms. The van der Waals surface area contributed by atoms with Crippen molar-refractivity contribution in [1.29, 1.82) is 0 Å². The maximum absolute atomic E-state index is 4.32. The predicted octanol–water partition coefficient (Wildman–Crippen LogP) is 3.88. The maximum Gasteiger partial charge on any atom is 0.0363 e. The summed E-state index contributed by atoms with van der Waals surface area (Å²) in [6.07, 6.45) is 4.22. The Hall–Kier alpha value is -0.560. The average Bonchev–Trinajstić information content (AvgIpc) is 2.20. The third-order valence-electron chi connectivity index (χ3n) is 4.11. The molecule has 0 aromatic carbocycles. The molecule has 0 bridgehead atoms. The van der Waals surface area contributed by atoms with Crippen molar-refractivity contribution in [1.82, 2.24) is 4.90 Å². The highest BCUT2D eigenvalue weighted by Gasteiger charge is 2.36. The second-order valence-corrected chi connectivity index (χ2v) is 5.00. The zero-order chi connectivity index (χ0) is 12.3. The van der Waals surface area contributed by atoms with Crippen LogP contribution in [0.5, 0.6) is 0 Å². The minimum Gasteiger partial charge on any atom is -0.301 e. The molecular formula is C14H27N. The van der Waals surface area contributed by atoms with Crippen molar-refractivity contribution < 1.29 is 0 Å². The predicted molar refractivity (Wildman–Crippen MR) is 70.1 cm³/mol. The molecule has 0 spiro atoms.